The standard InChI is InChI=1S/C13H11N5O/c19-13(16-7-10-3-1-2-4-15-10)11-9-18-6-5-14-8-12(18)17-11/h1-6,8-9H,7H2,(H,16,19). The van der Waals surface area contributed by atoms with E-state index in [1.54, 1.807) is 35.4 Å². The summed E-state index contributed by atoms with van der Waals surface area (Å²) in [6.45, 7) is 0.381. The van der Waals surface area contributed by atoms with Crippen LogP contribution in [0.15, 0.2) is 49.2 Å². The van der Waals surface area contributed by atoms with Crippen molar-refractivity contribution in [2.75, 3.05) is 0 Å². The Balaban J connectivity index is 1.73. The molecule has 0 aliphatic rings. The molecule has 94 valence electrons. The Morgan fingerprint density at radius 3 is 3.05 bits per heavy atom. The first-order valence-electron chi connectivity index (χ1n) is 5.80. The number of nitrogens with one attached hydrogen (secondary N) is 1. The van der Waals surface area contributed by atoms with E-state index >= 15 is 0 Å². The minimum atomic E-state index is -0.227. The molecule has 19 heavy (non-hydrogen) atoms. The zero-order chi connectivity index (χ0) is 13.1. The fraction of sp³-hybridized carbons (Fsp3) is 0.0769. The van der Waals surface area contributed by atoms with Gasteiger partial charge >= 0.3 is 0 Å². The van der Waals surface area contributed by atoms with Gasteiger partial charge in [-0.05, 0) is 12.1 Å². The van der Waals surface area contributed by atoms with Crippen LogP contribution < -0.4 is 5.32 Å². The third-order valence-corrected chi connectivity index (χ3v) is 2.65. The van der Waals surface area contributed by atoms with E-state index in [2.05, 4.69) is 20.3 Å². The summed E-state index contributed by atoms with van der Waals surface area (Å²) in [5.74, 6) is -0.227. The van der Waals surface area contributed by atoms with E-state index in [1.807, 2.05) is 18.2 Å². The predicted octanol–water partition coefficient (Wildman–Crippen LogP) is 1.05. The summed E-state index contributed by atoms with van der Waals surface area (Å²) in [4.78, 5) is 24.2. The van der Waals surface area contributed by atoms with Gasteiger partial charge in [0.1, 0.15) is 5.69 Å². The number of amides is 1. The zero-order valence-corrected chi connectivity index (χ0v) is 10.0. The van der Waals surface area contributed by atoms with E-state index in [4.69, 9.17) is 0 Å². The fourth-order valence-electron chi connectivity index (χ4n) is 1.72. The zero-order valence-electron chi connectivity index (χ0n) is 10.0. The average Bonchev–Trinajstić information content (AvgIpc) is 2.90. The van der Waals surface area contributed by atoms with Crippen molar-refractivity contribution in [1.82, 2.24) is 24.7 Å². The molecule has 0 fully saturated rings. The number of pyridine rings is 1. The highest BCUT2D eigenvalue weighted by Gasteiger charge is 2.10. The van der Waals surface area contributed by atoms with Crippen molar-refractivity contribution in [3.8, 4) is 0 Å². The van der Waals surface area contributed by atoms with Gasteiger partial charge in [0.15, 0.2) is 5.65 Å². The minimum Gasteiger partial charge on any atom is -0.345 e. The number of aromatic nitrogens is 4. The van der Waals surface area contributed by atoms with E-state index in [0.29, 0.717) is 17.9 Å². The summed E-state index contributed by atoms with van der Waals surface area (Å²) in [5, 5.41) is 2.78. The Hall–Kier alpha value is -2.76. The summed E-state index contributed by atoms with van der Waals surface area (Å²) in [6.07, 6.45) is 8.36. The van der Waals surface area contributed by atoms with Gasteiger partial charge in [0.05, 0.1) is 18.4 Å². The van der Waals surface area contributed by atoms with Crippen molar-refractivity contribution in [1.29, 1.82) is 0 Å². The lowest BCUT2D eigenvalue weighted by molar-refractivity contribution is 0.0946. The molecule has 0 saturated heterocycles. The maximum absolute atomic E-state index is 12.0. The van der Waals surface area contributed by atoms with Crippen LogP contribution in [0.5, 0.6) is 0 Å². The molecule has 0 aliphatic heterocycles. The van der Waals surface area contributed by atoms with E-state index in [0.717, 1.165) is 5.69 Å². The summed E-state index contributed by atoms with van der Waals surface area (Å²) in [7, 11) is 0. The molecule has 3 rings (SSSR count). The molecule has 6 heteroatoms. The van der Waals surface area contributed by atoms with Gasteiger partial charge in [0.2, 0.25) is 0 Å². The van der Waals surface area contributed by atoms with Gasteiger partial charge in [-0.3, -0.25) is 14.8 Å². The van der Waals surface area contributed by atoms with Crippen LogP contribution in [0, 0.1) is 0 Å². The quantitative estimate of drug-likeness (QED) is 0.757. The molecule has 0 aromatic carbocycles. The molecule has 0 bridgehead atoms. The molecule has 1 amide bonds. The lowest BCUT2D eigenvalue weighted by Crippen LogP contribution is -2.23. The van der Waals surface area contributed by atoms with Gasteiger partial charge in [-0.15, -0.1) is 0 Å². The van der Waals surface area contributed by atoms with Crippen molar-refractivity contribution >= 4 is 11.6 Å². The average molecular weight is 253 g/mol. The van der Waals surface area contributed by atoms with Crippen LogP contribution in [0.25, 0.3) is 5.65 Å². The van der Waals surface area contributed by atoms with Gasteiger partial charge in [0.25, 0.3) is 5.91 Å². The van der Waals surface area contributed by atoms with Gasteiger partial charge in [0, 0.05) is 24.8 Å². The molecule has 3 aromatic rings. The number of hydrogen-bond donors (Lipinski definition) is 1. The van der Waals surface area contributed by atoms with Gasteiger partial charge < -0.3 is 9.72 Å². The maximum Gasteiger partial charge on any atom is 0.271 e. The number of carbonyl (C=O) groups is 1. The summed E-state index contributed by atoms with van der Waals surface area (Å²) in [6, 6.07) is 5.57. The highest BCUT2D eigenvalue weighted by Crippen LogP contribution is 2.03. The molecular weight excluding hydrogens is 242 g/mol. The van der Waals surface area contributed by atoms with Crippen LogP contribution in [0.2, 0.25) is 0 Å². The fourth-order valence-corrected chi connectivity index (χ4v) is 1.72. The normalized spacial score (nSPS) is 10.5. The Labute approximate surface area is 109 Å². The predicted molar refractivity (Wildman–Crippen MR) is 68.4 cm³/mol. The molecule has 1 N–H and O–H groups in total. The molecule has 3 aromatic heterocycles. The Morgan fingerprint density at radius 1 is 1.32 bits per heavy atom. The van der Waals surface area contributed by atoms with Crippen molar-refractivity contribution in [3.63, 3.8) is 0 Å². The number of rotatable bonds is 3. The maximum atomic E-state index is 12.0. The Morgan fingerprint density at radius 2 is 2.26 bits per heavy atom. The van der Waals surface area contributed by atoms with Crippen LogP contribution in [0.1, 0.15) is 16.2 Å². The largest absolute Gasteiger partial charge is 0.345 e. The number of carbonyl (C=O) groups excluding carboxylic acids is 1. The third kappa shape index (κ3) is 2.42. The monoisotopic (exact) mass is 253 g/mol. The number of imidazole rings is 1. The molecular formula is C13H11N5O. The van der Waals surface area contributed by atoms with Crippen molar-refractivity contribution < 1.29 is 4.79 Å². The lowest BCUT2D eigenvalue weighted by Gasteiger charge is -2.01. The number of hydrogen-bond acceptors (Lipinski definition) is 4. The smallest absolute Gasteiger partial charge is 0.271 e. The second-order valence-corrected chi connectivity index (χ2v) is 3.97. The molecule has 0 spiro atoms. The minimum absolute atomic E-state index is 0.227. The second-order valence-electron chi connectivity index (χ2n) is 3.97. The van der Waals surface area contributed by atoms with Gasteiger partial charge in [-0.25, -0.2) is 4.98 Å². The van der Waals surface area contributed by atoms with Gasteiger partial charge in [-0.1, -0.05) is 6.07 Å². The van der Waals surface area contributed by atoms with Crippen LogP contribution in [0.3, 0.4) is 0 Å². The first-order chi connectivity index (χ1) is 9.33. The molecule has 0 aliphatic carbocycles. The SMILES string of the molecule is O=C(NCc1ccccn1)c1cn2ccncc2n1. The molecule has 6 nitrogen and oxygen atoms in total. The van der Waals surface area contributed by atoms with E-state index < -0.39 is 0 Å². The number of fused-ring (bicyclic) bond motifs is 1. The second kappa shape index (κ2) is 4.85. The summed E-state index contributed by atoms with van der Waals surface area (Å²) < 4.78 is 1.75. The lowest BCUT2D eigenvalue weighted by atomic mass is 10.3. The Bertz CT molecular complexity index is 674. The van der Waals surface area contributed by atoms with E-state index in [-0.39, 0.29) is 5.91 Å². The third-order valence-electron chi connectivity index (χ3n) is 2.65. The summed E-state index contributed by atoms with van der Waals surface area (Å²) in [5.41, 5.74) is 1.82. The van der Waals surface area contributed by atoms with Crippen molar-refractivity contribution in [2.24, 2.45) is 0 Å². The highest BCUT2D eigenvalue weighted by atomic mass is 16.1. The molecule has 3 heterocycles. The number of nitrogens with zero attached hydrogens (tertiary/aromatic N) is 4. The van der Waals surface area contributed by atoms with Crippen LogP contribution in [0.4, 0.5) is 0 Å². The molecule has 0 saturated carbocycles. The topological polar surface area (TPSA) is 72.2 Å². The van der Waals surface area contributed by atoms with Crippen molar-refractivity contribution in [2.45, 2.75) is 6.54 Å². The van der Waals surface area contributed by atoms with Crippen LogP contribution in [-0.2, 0) is 6.54 Å². The highest BCUT2D eigenvalue weighted by molar-refractivity contribution is 5.92. The Kier molecular flexibility index (Phi) is 2.89. The van der Waals surface area contributed by atoms with Crippen LogP contribution >= 0.6 is 0 Å². The van der Waals surface area contributed by atoms with E-state index in [9.17, 15) is 4.79 Å². The molecule has 0 unspecified atom stereocenters. The molecule has 0 atom stereocenters. The summed E-state index contributed by atoms with van der Waals surface area (Å²) >= 11 is 0. The first kappa shape index (κ1) is 11.3. The van der Waals surface area contributed by atoms with Gasteiger partial charge in [-0.2, -0.15) is 0 Å². The first-order valence-corrected chi connectivity index (χ1v) is 5.80. The van der Waals surface area contributed by atoms with Crippen molar-refractivity contribution in [3.05, 3.63) is 60.6 Å². The van der Waals surface area contributed by atoms with E-state index in [1.165, 1.54) is 0 Å². The molecule has 0 radical (unpaired) electrons. The van der Waals surface area contributed by atoms with Crippen LogP contribution in [-0.4, -0.2) is 25.3 Å².